The largest absolute Gasteiger partial charge is 0.351 e. The average Bonchev–Trinajstić information content (AvgIpc) is 2.66. The van der Waals surface area contributed by atoms with Crippen LogP contribution in [0, 0.1) is 6.92 Å². The number of anilines is 1. The van der Waals surface area contributed by atoms with Gasteiger partial charge in [0.05, 0.1) is 11.2 Å². The zero-order valence-corrected chi connectivity index (χ0v) is 17.0. The first-order valence-corrected chi connectivity index (χ1v) is 10.2. The molecule has 0 aliphatic carbocycles. The van der Waals surface area contributed by atoms with Crippen LogP contribution in [-0.4, -0.2) is 34.1 Å². The minimum atomic E-state index is -0.361. The van der Waals surface area contributed by atoms with Gasteiger partial charge in [0.15, 0.2) is 10.9 Å². The Labute approximate surface area is 168 Å². The normalized spacial score (nSPS) is 10.5. The summed E-state index contributed by atoms with van der Waals surface area (Å²) in [7, 11) is 0. The van der Waals surface area contributed by atoms with Crippen LogP contribution in [0.15, 0.2) is 35.6 Å². The molecule has 0 spiro atoms. The summed E-state index contributed by atoms with van der Waals surface area (Å²) in [5.41, 5.74) is 2.06. The fraction of sp³-hybridized carbons (Fsp3) is 0.368. The summed E-state index contributed by atoms with van der Waals surface area (Å²) in [6.45, 7) is 4.41. The van der Waals surface area contributed by atoms with Crippen LogP contribution in [0.5, 0.6) is 0 Å². The second-order valence-electron chi connectivity index (χ2n) is 5.97. The number of hydrogen-bond donors (Lipinski definition) is 2. The molecule has 27 heavy (non-hydrogen) atoms. The number of aryl methyl sites for hydroxylation is 1. The SMILES string of the molecule is CCCSc1ncc(Cl)c(C(=O)NCCCC(=O)Nc2ccc(C)cc2)n1. The van der Waals surface area contributed by atoms with Gasteiger partial charge < -0.3 is 10.6 Å². The van der Waals surface area contributed by atoms with E-state index in [0.717, 1.165) is 23.4 Å². The third-order valence-corrected chi connectivity index (χ3v) is 4.92. The van der Waals surface area contributed by atoms with E-state index in [0.29, 0.717) is 24.5 Å². The van der Waals surface area contributed by atoms with Gasteiger partial charge in [-0.2, -0.15) is 0 Å². The topological polar surface area (TPSA) is 84.0 Å². The summed E-state index contributed by atoms with van der Waals surface area (Å²) in [6.07, 6.45) is 3.26. The molecule has 0 radical (unpaired) electrons. The fourth-order valence-corrected chi connectivity index (χ4v) is 3.01. The molecule has 0 fully saturated rings. The van der Waals surface area contributed by atoms with Crippen molar-refractivity contribution in [3.05, 3.63) is 46.7 Å². The molecule has 0 saturated heterocycles. The van der Waals surface area contributed by atoms with Gasteiger partial charge in [0.25, 0.3) is 5.91 Å². The van der Waals surface area contributed by atoms with Crippen molar-refractivity contribution >= 4 is 40.9 Å². The number of benzene rings is 1. The number of thioether (sulfide) groups is 1. The third kappa shape index (κ3) is 7.19. The first kappa shape index (κ1) is 21.2. The first-order chi connectivity index (χ1) is 13.0. The Balaban J connectivity index is 1.77. The van der Waals surface area contributed by atoms with Crippen molar-refractivity contribution in [3.63, 3.8) is 0 Å². The molecule has 1 heterocycles. The molecule has 2 rings (SSSR count). The predicted molar refractivity (Wildman–Crippen MR) is 109 cm³/mol. The molecule has 0 bridgehead atoms. The van der Waals surface area contributed by atoms with E-state index in [1.807, 2.05) is 31.2 Å². The molecule has 144 valence electrons. The quantitative estimate of drug-likeness (QED) is 0.372. The highest BCUT2D eigenvalue weighted by Crippen LogP contribution is 2.18. The van der Waals surface area contributed by atoms with E-state index in [1.165, 1.54) is 18.0 Å². The minimum absolute atomic E-state index is 0.0913. The molecule has 6 nitrogen and oxygen atoms in total. The standard InChI is InChI=1S/C19H23ClN4O2S/c1-3-11-27-19-22-12-15(20)17(24-19)18(26)21-10-4-5-16(25)23-14-8-6-13(2)7-9-14/h6-9,12H,3-5,10-11H2,1-2H3,(H,21,26)(H,23,25). The van der Waals surface area contributed by atoms with E-state index < -0.39 is 0 Å². The van der Waals surface area contributed by atoms with Gasteiger partial charge in [0.1, 0.15) is 0 Å². The Kier molecular flexibility index (Phi) is 8.54. The summed E-state index contributed by atoms with van der Waals surface area (Å²) in [6, 6.07) is 7.60. The van der Waals surface area contributed by atoms with Crippen molar-refractivity contribution in [2.75, 3.05) is 17.6 Å². The molecule has 0 aliphatic heterocycles. The second kappa shape index (κ2) is 10.9. The number of nitrogens with zero attached hydrogens (tertiary/aromatic N) is 2. The van der Waals surface area contributed by atoms with E-state index in [1.54, 1.807) is 0 Å². The molecule has 1 aromatic heterocycles. The lowest BCUT2D eigenvalue weighted by Gasteiger charge is -2.08. The maximum atomic E-state index is 12.3. The van der Waals surface area contributed by atoms with Crippen LogP contribution >= 0.6 is 23.4 Å². The van der Waals surface area contributed by atoms with Crippen LogP contribution in [0.4, 0.5) is 5.69 Å². The van der Waals surface area contributed by atoms with E-state index in [4.69, 9.17) is 11.6 Å². The first-order valence-electron chi connectivity index (χ1n) is 8.79. The number of aromatic nitrogens is 2. The van der Waals surface area contributed by atoms with Gasteiger partial charge >= 0.3 is 0 Å². The molecule has 8 heteroatoms. The van der Waals surface area contributed by atoms with Crippen LogP contribution in [-0.2, 0) is 4.79 Å². The van der Waals surface area contributed by atoms with Crippen molar-refractivity contribution in [2.24, 2.45) is 0 Å². The Morgan fingerprint density at radius 3 is 2.67 bits per heavy atom. The number of halogens is 1. The van der Waals surface area contributed by atoms with E-state index in [2.05, 4.69) is 27.5 Å². The minimum Gasteiger partial charge on any atom is -0.351 e. The number of rotatable bonds is 9. The second-order valence-corrected chi connectivity index (χ2v) is 7.44. The zero-order chi connectivity index (χ0) is 19.6. The lowest BCUT2D eigenvalue weighted by atomic mass is 10.2. The van der Waals surface area contributed by atoms with Crippen molar-refractivity contribution in [2.45, 2.75) is 38.3 Å². The van der Waals surface area contributed by atoms with Gasteiger partial charge in [-0.3, -0.25) is 9.59 Å². The van der Waals surface area contributed by atoms with Crippen molar-refractivity contribution < 1.29 is 9.59 Å². The molecule has 0 atom stereocenters. The molecule has 0 saturated carbocycles. The van der Waals surface area contributed by atoms with Gasteiger partial charge in [0, 0.05) is 24.4 Å². The van der Waals surface area contributed by atoms with Gasteiger partial charge in [-0.25, -0.2) is 9.97 Å². The highest BCUT2D eigenvalue weighted by molar-refractivity contribution is 7.99. The molecule has 0 unspecified atom stereocenters. The number of amides is 2. The summed E-state index contributed by atoms with van der Waals surface area (Å²) in [4.78, 5) is 32.5. The summed E-state index contributed by atoms with van der Waals surface area (Å²) in [5.74, 6) is 0.421. The Morgan fingerprint density at radius 2 is 1.96 bits per heavy atom. The Morgan fingerprint density at radius 1 is 1.22 bits per heavy atom. The zero-order valence-electron chi connectivity index (χ0n) is 15.4. The Hall–Kier alpha value is -2.12. The number of carbonyl (C=O) groups is 2. The van der Waals surface area contributed by atoms with Gasteiger partial charge in [-0.1, -0.05) is 48.0 Å². The predicted octanol–water partition coefficient (Wildman–Crippen LogP) is 4.09. The van der Waals surface area contributed by atoms with Crippen LogP contribution in [0.25, 0.3) is 0 Å². The van der Waals surface area contributed by atoms with Gasteiger partial charge in [-0.05, 0) is 31.9 Å². The van der Waals surface area contributed by atoms with Crippen molar-refractivity contribution in [1.29, 1.82) is 0 Å². The fourth-order valence-electron chi connectivity index (χ4n) is 2.17. The molecule has 2 amide bonds. The van der Waals surface area contributed by atoms with Crippen LogP contribution < -0.4 is 10.6 Å². The monoisotopic (exact) mass is 406 g/mol. The average molecular weight is 407 g/mol. The number of nitrogens with one attached hydrogen (secondary N) is 2. The maximum absolute atomic E-state index is 12.3. The van der Waals surface area contributed by atoms with Crippen LogP contribution in [0.2, 0.25) is 5.02 Å². The highest BCUT2D eigenvalue weighted by atomic mass is 35.5. The Bertz CT molecular complexity index is 784. The lowest BCUT2D eigenvalue weighted by molar-refractivity contribution is -0.116. The van der Waals surface area contributed by atoms with E-state index >= 15 is 0 Å². The molecular weight excluding hydrogens is 384 g/mol. The highest BCUT2D eigenvalue weighted by Gasteiger charge is 2.14. The molecule has 0 aliphatic rings. The summed E-state index contributed by atoms with van der Waals surface area (Å²) < 4.78 is 0. The molecule has 1 aromatic carbocycles. The molecule has 2 aromatic rings. The number of hydrogen-bond acceptors (Lipinski definition) is 5. The summed E-state index contributed by atoms with van der Waals surface area (Å²) >= 11 is 7.51. The molecular formula is C19H23ClN4O2S. The summed E-state index contributed by atoms with van der Waals surface area (Å²) in [5, 5.41) is 6.32. The van der Waals surface area contributed by atoms with Crippen molar-refractivity contribution in [3.8, 4) is 0 Å². The number of carbonyl (C=O) groups excluding carboxylic acids is 2. The van der Waals surface area contributed by atoms with E-state index in [9.17, 15) is 9.59 Å². The van der Waals surface area contributed by atoms with Crippen LogP contribution in [0.1, 0.15) is 42.2 Å². The van der Waals surface area contributed by atoms with E-state index in [-0.39, 0.29) is 22.5 Å². The smallest absolute Gasteiger partial charge is 0.271 e. The van der Waals surface area contributed by atoms with Gasteiger partial charge in [0.2, 0.25) is 5.91 Å². The van der Waals surface area contributed by atoms with Crippen LogP contribution in [0.3, 0.4) is 0 Å². The lowest BCUT2D eigenvalue weighted by Crippen LogP contribution is -2.27. The maximum Gasteiger partial charge on any atom is 0.271 e. The molecule has 2 N–H and O–H groups in total. The van der Waals surface area contributed by atoms with Crippen molar-refractivity contribution in [1.82, 2.24) is 15.3 Å². The van der Waals surface area contributed by atoms with Gasteiger partial charge in [-0.15, -0.1) is 0 Å². The third-order valence-electron chi connectivity index (χ3n) is 3.57.